The summed E-state index contributed by atoms with van der Waals surface area (Å²) in [6.45, 7) is 0.558. The van der Waals surface area contributed by atoms with Gasteiger partial charge in [-0.3, -0.25) is 4.98 Å². The highest BCUT2D eigenvalue weighted by Crippen LogP contribution is 2.23. The van der Waals surface area contributed by atoms with Crippen molar-refractivity contribution in [2.24, 2.45) is 0 Å². The highest BCUT2D eigenvalue weighted by Gasteiger charge is 2.07. The van der Waals surface area contributed by atoms with Gasteiger partial charge < -0.3 is 4.74 Å². The molecule has 0 amide bonds. The minimum absolute atomic E-state index is 0.558. The largest absolute Gasteiger partial charge is 0.380 e. The monoisotopic (exact) mass is 205 g/mol. The molecule has 0 bridgehead atoms. The maximum atomic E-state index is 5.09. The predicted molar refractivity (Wildman–Crippen MR) is 54.9 cm³/mol. The summed E-state index contributed by atoms with van der Waals surface area (Å²) in [6.07, 6.45) is 4.55. The van der Waals surface area contributed by atoms with Gasteiger partial charge in [0.1, 0.15) is 16.9 Å². The number of methoxy groups -OCH3 is 1. The van der Waals surface area contributed by atoms with E-state index in [-0.39, 0.29) is 0 Å². The number of aromatic nitrogens is 2. The summed E-state index contributed by atoms with van der Waals surface area (Å²) in [6, 6.07) is 3.89. The second-order valence-corrected chi connectivity index (χ2v) is 3.58. The minimum atomic E-state index is 0.558. The van der Waals surface area contributed by atoms with Gasteiger partial charge in [-0.2, -0.15) is 0 Å². The molecule has 0 aromatic carbocycles. The number of ether oxygens (including phenoxy) is 1. The smallest absolute Gasteiger partial charge is 0.142 e. The predicted octanol–water partition coefficient (Wildman–Crippen LogP) is 2.15. The van der Waals surface area contributed by atoms with Gasteiger partial charge in [-0.05, 0) is 6.07 Å². The number of hydrogen-bond acceptors (Lipinski definition) is 4. The molecule has 71 valence electrons. The Labute approximate surface area is 86.4 Å². The molecule has 0 fully saturated rings. The van der Waals surface area contributed by atoms with Crippen LogP contribution in [0.3, 0.4) is 0 Å². The Morgan fingerprint density at radius 3 is 3.21 bits per heavy atom. The summed E-state index contributed by atoms with van der Waals surface area (Å²) >= 11 is 1.53. The highest BCUT2D eigenvalue weighted by atomic mass is 32.1. The van der Waals surface area contributed by atoms with Crippen molar-refractivity contribution < 1.29 is 4.74 Å². The second-order valence-electron chi connectivity index (χ2n) is 2.73. The van der Waals surface area contributed by atoms with E-state index in [9.17, 15) is 0 Å². The fourth-order valence-electron chi connectivity index (χ4n) is 1.21. The van der Waals surface area contributed by atoms with Crippen LogP contribution in [-0.2, 0) is 11.3 Å². The molecule has 0 aliphatic rings. The second kappa shape index (κ2) is 4.30. The van der Waals surface area contributed by atoms with Crippen LogP contribution in [0.4, 0.5) is 0 Å². The van der Waals surface area contributed by atoms with Crippen molar-refractivity contribution in [3.8, 4) is 10.7 Å². The molecule has 0 N–H and O–H groups in total. The normalized spacial score (nSPS) is 10.4. The average Bonchev–Trinajstić information content (AvgIpc) is 2.72. The molecule has 0 saturated heterocycles. The Hall–Kier alpha value is -1.26. The standard InChI is InChI=1S/C10H9N2OS/c1-13-7-8-3-2-4-11-9(8)10-12-5-6-14-10/h2-4,6H,7H2,1H3. The molecule has 0 saturated carbocycles. The minimum Gasteiger partial charge on any atom is -0.380 e. The van der Waals surface area contributed by atoms with Crippen LogP contribution in [0, 0.1) is 6.20 Å². The van der Waals surface area contributed by atoms with Crippen molar-refractivity contribution in [1.82, 2.24) is 9.97 Å². The molecule has 2 rings (SSSR count). The van der Waals surface area contributed by atoms with E-state index in [1.54, 1.807) is 13.3 Å². The fraction of sp³-hybridized carbons (Fsp3) is 0.200. The highest BCUT2D eigenvalue weighted by molar-refractivity contribution is 7.13. The van der Waals surface area contributed by atoms with E-state index < -0.39 is 0 Å². The van der Waals surface area contributed by atoms with Gasteiger partial charge in [0.05, 0.1) is 6.61 Å². The molecule has 0 aliphatic heterocycles. The van der Waals surface area contributed by atoms with Crippen molar-refractivity contribution >= 4 is 11.3 Å². The zero-order chi connectivity index (χ0) is 9.80. The molecule has 0 unspecified atom stereocenters. The summed E-state index contributed by atoms with van der Waals surface area (Å²) in [4.78, 5) is 8.39. The lowest BCUT2D eigenvalue weighted by atomic mass is 10.2. The third-order valence-electron chi connectivity index (χ3n) is 1.78. The summed E-state index contributed by atoms with van der Waals surface area (Å²) in [5.41, 5.74) is 1.94. The molecule has 0 aliphatic carbocycles. The summed E-state index contributed by atoms with van der Waals surface area (Å²) in [7, 11) is 1.67. The van der Waals surface area contributed by atoms with E-state index in [0.29, 0.717) is 6.61 Å². The summed E-state index contributed by atoms with van der Waals surface area (Å²) in [5.74, 6) is 0. The topological polar surface area (TPSA) is 35.0 Å². The molecule has 0 atom stereocenters. The van der Waals surface area contributed by atoms with Crippen LogP contribution in [0.2, 0.25) is 0 Å². The Bertz CT molecular complexity index is 400. The van der Waals surface area contributed by atoms with Crippen molar-refractivity contribution in [2.45, 2.75) is 6.61 Å². The van der Waals surface area contributed by atoms with Crippen molar-refractivity contribution in [3.05, 3.63) is 35.5 Å². The summed E-state index contributed by atoms with van der Waals surface area (Å²) in [5, 5.41) is 2.71. The number of rotatable bonds is 3. The molecule has 2 heterocycles. The summed E-state index contributed by atoms with van der Waals surface area (Å²) < 4.78 is 5.09. The Morgan fingerprint density at radius 1 is 1.57 bits per heavy atom. The van der Waals surface area contributed by atoms with Crippen molar-refractivity contribution in [2.75, 3.05) is 7.11 Å². The first-order valence-electron chi connectivity index (χ1n) is 4.16. The number of nitrogens with zero attached hydrogens (tertiary/aromatic N) is 2. The molecule has 2 aromatic heterocycles. The molecular formula is C10H9N2OS. The SMILES string of the molecule is COCc1cccnc1-c1n[c]cs1. The van der Waals surface area contributed by atoms with Crippen LogP contribution >= 0.6 is 11.3 Å². The molecule has 14 heavy (non-hydrogen) atoms. The Balaban J connectivity index is 2.42. The number of thiazole rings is 1. The number of pyridine rings is 1. The van der Waals surface area contributed by atoms with E-state index >= 15 is 0 Å². The Morgan fingerprint density at radius 2 is 2.50 bits per heavy atom. The van der Waals surface area contributed by atoms with Gasteiger partial charge in [-0.15, -0.1) is 11.3 Å². The first-order valence-corrected chi connectivity index (χ1v) is 5.04. The van der Waals surface area contributed by atoms with Crippen LogP contribution in [0.25, 0.3) is 10.7 Å². The van der Waals surface area contributed by atoms with Gasteiger partial charge >= 0.3 is 0 Å². The molecular weight excluding hydrogens is 196 g/mol. The lowest BCUT2D eigenvalue weighted by Crippen LogP contribution is -1.93. The van der Waals surface area contributed by atoms with Crippen LogP contribution in [0.15, 0.2) is 23.7 Å². The van der Waals surface area contributed by atoms with Crippen LogP contribution in [0.1, 0.15) is 5.56 Å². The zero-order valence-corrected chi connectivity index (χ0v) is 8.54. The zero-order valence-electron chi connectivity index (χ0n) is 7.73. The van der Waals surface area contributed by atoms with E-state index in [4.69, 9.17) is 4.74 Å². The maximum absolute atomic E-state index is 5.09. The van der Waals surface area contributed by atoms with Crippen LogP contribution < -0.4 is 0 Å². The average molecular weight is 205 g/mol. The van der Waals surface area contributed by atoms with Gasteiger partial charge in [0, 0.05) is 24.3 Å². The van der Waals surface area contributed by atoms with E-state index in [2.05, 4.69) is 16.2 Å². The van der Waals surface area contributed by atoms with Crippen molar-refractivity contribution in [1.29, 1.82) is 0 Å². The van der Waals surface area contributed by atoms with Crippen LogP contribution in [-0.4, -0.2) is 17.1 Å². The van der Waals surface area contributed by atoms with Crippen LogP contribution in [0.5, 0.6) is 0 Å². The van der Waals surface area contributed by atoms with Gasteiger partial charge in [-0.25, -0.2) is 4.98 Å². The van der Waals surface area contributed by atoms with E-state index in [1.807, 2.05) is 17.5 Å². The van der Waals surface area contributed by atoms with Gasteiger partial charge in [0.15, 0.2) is 0 Å². The quantitative estimate of drug-likeness (QED) is 0.770. The third kappa shape index (κ3) is 1.81. The first-order chi connectivity index (χ1) is 6.92. The molecule has 0 spiro atoms. The molecule has 1 radical (unpaired) electrons. The maximum Gasteiger partial charge on any atom is 0.142 e. The number of hydrogen-bond donors (Lipinski definition) is 0. The lowest BCUT2D eigenvalue weighted by Gasteiger charge is -2.03. The molecule has 4 heteroatoms. The van der Waals surface area contributed by atoms with E-state index in [1.165, 1.54) is 11.3 Å². The molecule has 2 aromatic rings. The Kier molecular flexibility index (Phi) is 2.86. The first kappa shape index (κ1) is 9.30. The van der Waals surface area contributed by atoms with Crippen molar-refractivity contribution in [3.63, 3.8) is 0 Å². The van der Waals surface area contributed by atoms with Gasteiger partial charge in [-0.1, -0.05) is 6.07 Å². The fourth-order valence-corrected chi connectivity index (χ4v) is 1.82. The lowest BCUT2D eigenvalue weighted by molar-refractivity contribution is 0.185. The van der Waals surface area contributed by atoms with E-state index in [0.717, 1.165) is 16.3 Å². The molecule has 3 nitrogen and oxygen atoms in total. The third-order valence-corrected chi connectivity index (χ3v) is 2.51. The van der Waals surface area contributed by atoms with Gasteiger partial charge in [0.25, 0.3) is 0 Å². The van der Waals surface area contributed by atoms with Gasteiger partial charge in [0.2, 0.25) is 0 Å².